The van der Waals surface area contributed by atoms with Gasteiger partial charge in [-0.05, 0) is 25.8 Å². The summed E-state index contributed by atoms with van der Waals surface area (Å²) in [5.41, 5.74) is 1.19. The van der Waals surface area contributed by atoms with E-state index in [4.69, 9.17) is 0 Å². The molecule has 124 valence electrons. The van der Waals surface area contributed by atoms with Crippen LogP contribution in [0, 0.1) is 0 Å². The number of piperidine rings is 1. The number of carbonyl (C=O) groups excluding carboxylic acids is 1. The van der Waals surface area contributed by atoms with Gasteiger partial charge in [0.1, 0.15) is 6.04 Å². The highest BCUT2D eigenvalue weighted by Gasteiger charge is 2.44. The molecule has 2 N–H and O–H groups in total. The molecule has 1 aliphatic rings. The van der Waals surface area contributed by atoms with Crippen molar-refractivity contribution in [3.05, 3.63) is 17.5 Å². The van der Waals surface area contributed by atoms with Crippen molar-refractivity contribution >= 4 is 5.91 Å². The lowest BCUT2D eigenvalue weighted by Gasteiger charge is -2.38. The van der Waals surface area contributed by atoms with Crippen LogP contribution in [-0.4, -0.2) is 52.9 Å². The van der Waals surface area contributed by atoms with E-state index in [9.17, 15) is 18.0 Å². The summed E-state index contributed by atoms with van der Waals surface area (Å²) in [6, 6.07) is -1.72. The molecule has 1 aromatic rings. The minimum atomic E-state index is -4.22. The summed E-state index contributed by atoms with van der Waals surface area (Å²) in [6.45, 7) is 4.06. The van der Waals surface area contributed by atoms with Crippen LogP contribution in [0.3, 0.4) is 0 Å². The Bertz CT molecular complexity index is 526. The lowest BCUT2D eigenvalue weighted by Crippen LogP contribution is -2.54. The molecule has 5 nitrogen and oxygen atoms in total. The van der Waals surface area contributed by atoms with Gasteiger partial charge in [0.15, 0.2) is 0 Å². The number of nitrogens with one attached hydrogen (secondary N) is 2. The van der Waals surface area contributed by atoms with Gasteiger partial charge in [-0.2, -0.15) is 18.3 Å². The number of alkyl halides is 3. The maximum absolute atomic E-state index is 12.8. The second-order valence-corrected chi connectivity index (χ2v) is 6.10. The Hall–Kier alpha value is -1.57. The fraction of sp³-hybridized carbons (Fsp3) is 0.714. The van der Waals surface area contributed by atoms with E-state index in [2.05, 4.69) is 15.5 Å². The summed E-state index contributed by atoms with van der Waals surface area (Å²) < 4.78 is 38.4. The van der Waals surface area contributed by atoms with E-state index in [1.54, 1.807) is 0 Å². The molecule has 2 atom stereocenters. The number of aromatic amines is 1. The van der Waals surface area contributed by atoms with Crippen molar-refractivity contribution in [1.82, 2.24) is 20.4 Å². The van der Waals surface area contributed by atoms with Crippen LogP contribution < -0.4 is 5.32 Å². The van der Waals surface area contributed by atoms with Gasteiger partial charge < -0.3 is 5.32 Å². The number of hydrogen-bond acceptors (Lipinski definition) is 3. The Balaban J connectivity index is 1.98. The van der Waals surface area contributed by atoms with E-state index >= 15 is 0 Å². The topological polar surface area (TPSA) is 61.0 Å². The molecule has 0 aromatic carbocycles. The molecule has 0 bridgehead atoms. The molecular formula is C14H21F3N4O. The van der Waals surface area contributed by atoms with Crippen molar-refractivity contribution in [3.63, 3.8) is 0 Å². The standard InChI is InChI=1S/C14H21F3N4O/c1-8(2)12-10(6-18-20-12)13(22)19-9-4-5-11(14(15,16)17)21(3)7-9/h6,8-9,11H,4-5,7H2,1-3H3,(H,18,20)(H,19,22). The minimum Gasteiger partial charge on any atom is -0.348 e. The van der Waals surface area contributed by atoms with Crippen LogP contribution in [0.5, 0.6) is 0 Å². The quantitative estimate of drug-likeness (QED) is 0.899. The number of nitrogens with zero attached hydrogens (tertiary/aromatic N) is 2. The van der Waals surface area contributed by atoms with Gasteiger partial charge in [0.2, 0.25) is 0 Å². The Kier molecular flexibility index (Phi) is 4.79. The van der Waals surface area contributed by atoms with E-state index in [0.29, 0.717) is 12.0 Å². The second-order valence-electron chi connectivity index (χ2n) is 6.10. The Labute approximate surface area is 127 Å². The average molecular weight is 318 g/mol. The minimum absolute atomic E-state index is 0.00658. The molecule has 1 aromatic heterocycles. The van der Waals surface area contributed by atoms with Gasteiger partial charge in [-0.1, -0.05) is 13.8 Å². The van der Waals surface area contributed by atoms with Gasteiger partial charge in [0, 0.05) is 12.6 Å². The molecule has 2 unspecified atom stereocenters. The fourth-order valence-electron chi connectivity index (χ4n) is 2.86. The van der Waals surface area contributed by atoms with E-state index in [0.717, 1.165) is 5.69 Å². The van der Waals surface area contributed by atoms with Crippen LogP contribution in [-0.2, 0) is 0 Å². The first kappa shape index (κ1) is 16.8. The number of likely N-dealkylation sites (N-methyl/N-ethyl adjacent to an activating group) is 1. The zero-order chi connectivity index (χ0) is 16.5. The van der Waals surface area contributed by atoms with Crippen molar-refractivity contribution in [1.29, 1.82) is 0 Å². The van der Waals surface area contributed by atoms with Crippen molar-refractivity contribution in [2.45, 2.75) is 50.9 Å². The molecular weight excluding hydrogens is 297 g/mol. The number of halogens is 3. The number of aromatic nitrogens is 2. The molecule has 2 heterocycles. The second kappa shape index (κ2) is 6.28. The number of rotatable bonds is 3. The van der Waals surface area contributed by atoms with Gasteiger partial charge in [-0.25, -0.2) is 0 Å². The summed E-state index contributed by atoms with van der Waals surface area (Å²) >= 11 is 0. The first-order valence-electron chi connectivity index (χ1n) is 7.31. The normalized spacial score (nSPS) is 23.8. The molecule has 8 heteroatoms. The SMILES string of the molecule is CC(C)c1[nH]ncc1C(=O)NC1CCC(C(F)(F)F)N(C)C1. The van der Waals surface area contributed by atoms with Crippen molar-refractivity contribution in [2.75, 3.05) is 13.6 Å². The summed E-state index contributed by atoms with van der Waals surface area (Å²) in [5, 5.41) is 9.47. The average Bonchev–Trinajstić information content (AvgIpc) is 2.86. The van der Waals surface area contributed by atoms with E-state index in [1.165, 1.54) is 18.1 Å². The van der Waals surface area contributed by atoms with E-state index < -0.39 is 12.2 Å². The molecule has 1 amide bonds. The van der Waals surface area contributed by atoms with Crippen molar-refractivity contribution in [2.24, 2.45) is 0 Å². The highest BCUT2D eigenvalue weighted by Crippen LogP contribution is 2.31. The van der Waals surface area contributed by atoms with Crippen LogP contribution >= 0.6 is 0 Å². The van der Waals surface area contributed by atoms with E-state index in [1.807, 2.05) is 13.8 Å². The number of amides is 1. The maximum atomic E-state index is 12.8. The predicted octanol–water partition coefficient (Wildman–Crippen LogP) is 2.29. The highest BCUT2D eigenvalue weighted by molar-refractivity contribution is 5.95. The molecule has 0 radical (unpaired) electrons. The molecule has 2 rings (SSSR count). The van der Waals surface area contributed by atoms with Gasteiger partial charge in [-0.3, -0.25) is 14.8 Å². The van der Waals surface area contributed by atoms with Crippen LogP contribution in [0.4, 0.5) is 13.2 Å². The van der Waals surface area contributed by atoms with Gasteiger partial charge in [-0.15, -0.1) is 0 Å². The van der Waals surface area contributed by atoms with Gasteiger partial charge in [0.05, 0.1) is 17.5 Å². The number of likely N-dealkylation sites (tertiary alicyclic amines) is 1. The maximum Gasteiger partial charge on any atom is 0.404 e. The fourth-order valence-corrected chi connectivity index (χ4v) is 2.86. The Morgan fingerprint density at radius 1 is 1.45 bits per heavy atom. The Morgan fingerprint density at radius 3 is 2.68 bits per heavy atom. The highest BCUT2D eigenvalue weighted by atomic mass is 19.4. The largest absolute Gasteiger partial charge is 0.404 e. The monoisotopic (exact) mass is 318 g/mol. The molecule has 1 aliphatic heterocycles. The summed E-state index contributed by atoms with van der Waals surface area (Å²) in [7, 11) is 1.44. The molecule has 0 aliphatic carbocycles. The third-order valence-electron chi connectivity index (χ3n) is 4.03. The molecule has 0 spiro atoms. The van der Waals surface area contributed by atoms with Gasteiger partial charge >= 0.3 is 6.18 Å². The van der Waals surface area contributed by atoms with Crippen LogP contribution in [0.15, 0.2) is 6.20 Å². The zero-order valence-corrected chi connectivity index (χ0v) is 12.9. The zero-order valence-electron chi connectivity index (χ0n) is 12.9. The third-order valence-corrected chi connectivity index (χ3v) is 4.03. The first-order valence-corrected chi connectivity index (χ1v) is 7.31. The van der Waals surface area contributed by atoms with Gasteiger partial charge in [0.25, 0.3) is 5.91 Å². The van der Waals surface area contributed by atoms with Crippen molar-refractivity contribution < 1.29 is 18.0 Å². The Morgan fingerprint density at radius 2 is 2.14 bits per heavy atom. The predicted molar refractivity (Wildman–Crippen MR) is 75.6 cm³/mol. The molecule has 22 heavy (non-hydrogen) atoms. The number of hydrogen-bond donors (Lipinski definition) is 2. The lowest BCUT2D eigenvalue weighted by atomic mass is 9.98. The lowest BCUT2D eigenvalue weighted by molar-refractivity contribution is -0.188. The number of H-pyrrole nitrogens is 1. The molecule has 1 saturated heterocycles. The third kappa shape index (κ3) is 3.60. The van der Waals surface area contributed by atoms with Crippen molar-refractivity contribution in [3.8, 4) is 0 Å². The molecule has 0 saturated carbocycles. The smallest absolute Gasteiger partial charge is 0.348 e. The van der Waals surface area contributed by atoms with E-state index in [-0.39, 0.29) is 30.8 Å². The van der Waals surface area contributed by atoms with Crippen LogP contribution in [0.2, 0.25) is 0 Å². The number of carbonyl (C=O) groups is 1. The summed E-state index contributed by atoms with van der Waals surface area (Å²) in [4.78, 5) is 13.5. The van der Waals surface area contributed by atoms with Crippen LogP contribution in [0.1, 0.15) is 48.7 Å². The summed E-state index contributed by atoms with van der Waals surface area (Å²) in [5.74, 6) is -0.173. The first-order chi connectivity index (χ1) is 10.2. The van der Waals surface area contributed by atoms with Crippen LogP contribution in [0.25, 0.3) is 0 Å². The molecule has 1 fully saturated rings. The summed E-state index contributed by atoms with van der Waals surface area (Å²) in [6.07, 6.45) is -2.46.